The monoisotopic (exact) mass is 636 g/mol. The number of aromatic nitrogens is 1. The second-order valence-electron chi connectivity index (χ2n) is 12.5. The van der Waals surface area contributed by atoms with Gasteiger partial charge in [0.15, 0.2) is 0 Å². The van der Waals surface area contributed by atoms with Gasteiger partial charge in [0.05, 0.1) is 11.0 Å². The summed E-state index contributed by atoms with van der Waals surface area (Å²) in [4.78, 5) is 2.33. The Kier molecular flexibility index (Phi) is 7.42. The summed E-state index contributed by atoms with van der Waals surface area (Å²) in [6.45, 7) is 0. The maximum atomic E-state index is 3.20. The van der Waals surface area contributed by atoms with Crippen LogP contribution in [-0.4, -0.2) is 4.57 Å². The highest BCUT2D eigenvalue weighted by Crippen LogP contribution is 2.40. The van der Waals surface area contributed by atoms with Crippen LogP contribution in [0.25, 0.3) is 60.9 Å². The van der Waals surface area contributed by atoms with Gasteiger partial charge in [-0.2, -0.15) is 0 Å². The maximum absolute atomic E-state index is 3.20. The quantitative estimate of drug-likeness (QED) is 0.169. The average Bonchev–Trinajstić information content (AvgIpc) is 3.53. The molecule has 234 valence electrons. The zero-order valence-corrected chi connectivity index (χ0v) is 27.4. The van der Waals surface area contributed by atoms with Crippen LogP contribution < -0.4 is 4.90 Å². The molecule has 0 saturated heterocycles. The van der Waals surface area contributed by atoms with Crippen molar-refractivity contribution >= 4 is 38.9 Å². The number of anilines is 3. The normalized spacial score (nSPS) is 11.0. The minimum Gasteiger partial charge on any atom is -0.310 e. The third-order valence-electron chi connectivity index (χ3n) is 9.45. The molecule has 0 aliphatic carbocycles. The first-order valence-electron chi connectivity index (χ1n) is 16.9. The topological polar surface area (TPSA) is 8.17 Å². The van der Waals surface area contributed by atoms with Crippen molar-refractivity contribution in [2.45, 2.75) is 0 Å². The second-order valence-corrected chi connectivity index (χ2v) is 12.5. The van der Waals surface area contributed by atoms with Crippen molar-refractivity contribution in [1.29, 1.82) is 0 Å². The van der Waals surface area contributed by atoms with Crippen molar-refractivity contribution in [1.82, 2.24) is 4.57 Å². The lowest BCUT2D eigenvalue weighted by Crippen LogP contribution is -2.09. The van der Waals surface area contributed by atoms with E-state index in [0.717, 1.165) is 33.9 Å². The zero-order chi connectivity index (χ0) is 33.3. The summed E-state index contributed by atoms with van der Waals surface area (Å²) < 4.78 is 2.39. The van der Waals surface area contributed by atoms with Crippen LogP contribution in [0.3, 0.4) is 0 Å². The number of rotatable bonds is 7. The zero-order valence-electron chi connectivity index (χ0n) is 27.4. The summed E-state index contributed by atoms with van der Waals surface area (Å²) in [7, 11) is 0. The van der Waals surface area contributed by atoms with Crippen molar-refractivity contribution in [3.63, 3.8) is 0 Å². The lowest BCUT2D eigenvalue weighted by atomic mass is 9.97. The molecule has 2 nitrogen and oxygen atoms in total. The van der Waals surface area contributed by atoms with Gasteiger partial charge in [-0.25, -0.2) is 0 Å². The summed E-state index contributed by atoms with van der Waals surface area (Å²) in [6.07, 6.45) is 0. The lowest BCUT2D eigenvalue weighted by molar-refractivity contribution is 1.18. The SMILES string of the molecule is c1cccc(-c2ccc(-c3ccc(-c4ccc5c(c4)c4ccc(N(c6ccccc6)c6ccccc6)cc4n5-c4ccccc4)cc3)cc2)c#1. The first kappa shape index (κ1) is 29.3. The predicted octanol–water partition coefficient (Wildman–Crippen LogP) is 12.9. The van der Waals surface area contributed by atoms with Gasteiger partial charge in [-0.3, -0.25) is 0 Å². The minimum absolute atomic E-state index is 1.05. The van der Waals surface area contributed by atoms with Gasteiger partial charge in [-0.1, -0.05) is 133 Å². The van der Waals surface area contributed by atoms with Gasteiger partial charge in [0.2, 0.25) is 0 Å². The van der Waals surface area contributed by atoms with Crippen molar-refractivity contribution in [2.75, 3.05) is 4.90 Å². The molecule has 0 fully saturated rings. The minimum atomic E-state index is 1.05. The Morgan fingerprint density at radius 1 is 0.380 bits per heavy atom. The number of para-hydroxylation sites is 3. The molecule has 0 aliphatic heterocycles. The summed E-state index contributed by atoms with van der Waals surface area (Å²) in [5.41, 5.74) is 13.8. The molecule has 0 N–H and O–H groups in total. The molecule has 0 unspecified atom stereocenters. The van der Waals surface area contributed by atoms with Crippen LogP contribution in [0.2, 0.25) is 0 Å². The molecule has 0 radical (unpaired) electrons. The van der Waals surface area contributed by atoms with Gasteiger partial charge in [0, 0.05) is 39.1 Å². The molecule has 8 aromatic carbocycles. The summed E-state index contributed by atoms with van der Waals surface area (Å²) in [5.74, 6) is 0. The van der Waals surface area contributed by atoms with E-state index in [-0.39, 0.29) is 0 Å². The van der Waals surface area contributed by atoms with Crippen LogP contribution in [-0.2, 0) is 0 Å². The highest BCUT2D eigenvalue weighted by atomic mass is 15.1. The molecule has 0 saturated carbocycles. The molecular weight excluding hydrogens is 605 g/mol. The van der Waals surface area contributed by atoms with Crippen LogP contribution in [0.4, 0.5) is 17.1 Å². The Morgan fingerprint density at radius 2 is 0.940 bits per heavy atom. The maximum Gasteiger partial charge on any atom is 0.0561 e. The molecule has 2 heteroatoms. The van der Waals surface area contributed by atoms with Crippen LogP contribution in [0, 0.1) is 12.1 Å². The van der Waals surface area contributed by atoms with E-state index < -0.39 is 0 Å². The fourth-order valence-electron chi connectivity index (χ4n) is 7.00. The van der Waals surface area contributed by atoms with Crippen molar-refractivity contribution in [2.24, 2.45) is 0 Å². The van der Waals surface area contributed by atoms with Gasteiger partial charge >= 0.3 is 0 Å². The van der Waals surface area contributed by atoms with E-state index in [1.165, 1.54) is 44.1 Å². The van der Waals surface area contributed by atoms with E-state index >= 15 is 0 Å². The fraction of sp³-hybridized carbons (Fsp3) is 0. The van der Waals surface area contributed by atoms with E-state index in [1.807, 2.05) is 12.1 Å². The largest absolute Gasteiger partial charge is 0.310 e. The molecule has 0 spiro atoms. The number of hydrogen-bond donors (Lipinski definition) is 0. The molecule has 50 heavy (non-hydrogen) atoms. The fourth-order valence-corrected chi connectivity index (χ4v) is 7.00. The Hall–Kier alpha value is -6.82. The van der Waals surface area contributed by atoms with Crippen molar-refractivity contribution in [3.8, 4) is 39.1 Å². The summed E-state index contributed by atoms with van der Waals surface area (Å²) in [6, 6.07) is 75.3. The van der Waals surface area contributed by atoms with E-state index in [1.54, 1.807) is 0 Å². The van der Waals surface area contributed by atoms with Crippen LogP contribution in [0.5, 0.6) is 0 Å². The Labute approximate surface area is 292 Å². The van der Waals surface area contributed by atoms with Gasteiger partial charge < -0.3 is 9.47 Å². The summed E-state index contributed by atoms with van der Waals surface area (Å²) >= 11 is 0. The van der Waals surface area contributed by atoms with Gasteiger partial charge in [0.25, 0.3) is 0 Å². The third-order valence-corrected chi connectivity index (χ3v) is 9.45. The number of nitrogens with zero attached hydrogens (tertiary/aromatic N) is 2. The van der Waals surface area contributed by atoms with E-state index in [0.29, 0.717) is 0 Å². The predicted molar refractivity (Wildman–Crippen MR) is 209 cm³/mol. The van der Waals surface area contributed by atoms with E-state index in [2.05, 4.69) is 204 Å². The molecule has 0 bridgehead atoms. The van der Waals surface area contributed by atoms with E-state index in [9.17, 15) is 0 Å². The van der Waals surface area contributed by atoms with Crippen LogP contribution >= 0.6 is 0 Å². The Morgan fingerprint density at radius 3 is 1.54 bits per heavy atom. The Bertz CT molecular complexity index is 2500. The molecule has 1 heterocycles. The number of fused-ring (bicyclic) bond motifs is 3. The average molecular weight is 637 g/mol. The van der Waals surface area contributed by atoms with Crippen molar-refractivity contribution < 1.29 is 0 Å². The molecule has 9 aromatic rings. The van der Waals surface area contributed by atoms with Gasteiger partial charge in [0.1, 0.15) is 0 Å². The molecule has 0 aliphatic rings. The first-order valence-corrected chi connectivity index (χ1v) is 16.9. The molecular formula is C48H32N2. The first-order chi connectivity index (χ1) is 24.8. The van der Waals surface area contributed by atoms with Crippen molar-refractivity contribution in [3.05, 3.63) is 206 Å². The summed E-state index contributed by atoms with van der Waals surface area (Å²) in [5, 5.41) is 2.45. The second kappa shape index (κ2) is 12.7. The molecule has 0 atom stereocenters. The standard InChI is InChI=1S/C48H32N2/c1-5-13-35(14-6-1)36-21-23-37(24-22-36)38-25-27-39(28-26-38)40-29-32-47-46(33-40)45-31-30-44(34-48(45)50(47)43-19-11-4-12-20-43)49(41-15-7-2-8-16-41)42-17-9-3-10-18-42/h1-5,7-13,15-34H. The van der Waals surface area contributed by atoms with E-state index in [4.69, 9.17) is 0 Å². The number of hydrogen-bond acceptors (Lipinski definition) is 1. The molecule has 9 rings (SSSR count). The molecule has 1 aromatic heterocycles. The van der Waals surface area contributed by atoms with Gasteiger partial charge in [-0.15, -0.1) is 0 Å². The van der Waals surface area contributed by atoms with Crippen LogP contribution in [0.1, 0.15) is 0 Å². The molecule has 0 amide bonds. The highest BCUT2D eigenvalue weighted by molar-refractivity contribution is 6.11. The van der Waals surface area contributed by atoms with Crippen LogP contribution in [0.15, 0.2) is 194 Å². The van der Waals surface area contributed by atoms with Gasteiger partial charge in [-0.05, 0) is 101 Å². The number of benzene rings is 7. The smallest absolute Gasteiger partial charge is 0.0561 e. The lowest BCUT2D eigenvalue weighted by Gasteiger charge is -2.25. The Balaban J connectivity index is 1.13. The third kappa shape index (κ3) is 5.38. The highest BCUT2D eigenvalue weighted by Gasteiger charge is 2.18.